The van der Waals surface area contributed by atoms with Crippen LogP contribution in [0, 0.1) is 23.7 Å². The Labute approximate surface area is 80.2 Å². The highest BCUT2D eigenvalue weighted by atomic mass is 16.5. The normalized spacial score (nSPS) is 51.6. The van der Waals surface area contributed by atoms with Crippen molar-refractivity contribution >= 4 is 0 Å². The fourth-order valence-corrected chi connectivity index (χ4v) is 3.89. The van der Waals surface area contributed by atoms with Crippen LogP contribution in [0.15, 0.2) is 12.2 Å². The molecule has 2 fully saturated rings. The molecule has 3 rings (SSSR count). The van der Waals surface area contributed by atoms with E-state index in [2.05, 4.69) is 19.1 Å². The highest BCUT2D eigenvalue weighted by Crippen LogP contribution is 2.57. The van der Waals surface area contributed by atoms with E-state index in [4.69, 9.17) is 4.74 Å². The molecule has 1 heteroatoms. The fraction of sp³-hybridized carbons (Fsp3) is 0.833. The molecule has 0 aromatic heterocycles. The third-order valence-electron chi connectivity index (χ3n) is 4.33. The summed E-state index contributed by atoms with van der Waals surface area (Å²) in [6.07, 6.45) is 9.60. The molecular formula is C12H18O. The van der Waals surface area contributed by atoms with Gasteiger partial charge in [0.15, 0.2) is 0 Å². The molecule has 0 radical (unpaired) electrons. The third-order valence-corrected chi connectivity index (χ3v) is 4.33. The standard InChI is InChI=1S/C12H18O/c1-2-13-12-7-8-6-11(12)10-5-3-4-9(8)10/h3,5,8-12H,2,4,6-7H2,1H3/t8-,9?,10?,11-,12?/m0/s1. The molecular weight excluding hydrogens is 160 g/mol. The van der Waals surface area contributed by atoms with Crippen molar-refractivity contribution < 1.29 is 4.74 Å². The van der Waals surface area contributed by atoms with Crippen molar-refractivity contribution in [1.29, 1.82) is 0 Å². The Morgan fingerprint density at radius 3 is 3.08 bits per heavy atom. The molecule has 2 saturated carbocycles. The second-order valence-corrected chi connectivity index (χ2v) is 4.79. The van der Waals surface area contributed by atoms with Gasteiger partial charge in [-0.05, 0) is 49.9 Å². The highest BCUT2D eigenvalue weighted by Gasteiger charge is 2.52. The summed E-state index contributed by atoms with van der Waals surface area (Å²) in [5, 5.41) is 0. The maximum atomic E-state index is 5.81. The zero-order chi connectivity index (χ0) is 8.84. The van der Waals surface area contributed by atoms with Crippen LogP contribution in [0.5, 0.6) is 0 Å². The summed E-state index contributed by atoms with van der Waals surface area (Å²) in [5.74, 6) is 3.74. The second kappa shape index (κ2) is 2.84. The van der Waals surface area contributed by atoms with Gasteiger partial charge in [-0.15, -0.1) is 0 Å². The molecule has 13 heavy (non-hydrogen) atoms. The number of fused-ring (bicyclic) bond motifs is 5. The summed E-state index contributed by atoms with van der Waals surface area (Å²) >= 11 is 0. The summed E-state index contributed by atoms with van der Waals surface area (Å²) in [4.78, 5) is 0. The van der Waals surface area contributed by atoms with Gasteiger partial charge in [-0.3, -0.25) is 0 Å². The van der Waals surface area contributed by atoms with Crippen molar-refractivity contribution in [3.05, 3.63) is 12.2 Å². The van der Waals surface area contributed by atoms with Crippen LogP contribution in [0.1, 0.15) is 26.2 Å². The Morgan fingerprint density at radius 2 is 2.23 bits per heavy atom. The molecule has 3 aliphatic carbocycles. The zero-order valence-corrected chi connectivity index (χ0v) is 8.28. The van der Waals surface area contributed by atoms with Crippen molar-refractivity contribution in [2.24, 2.45) is 23.7 Å². The van der Waals surface area contributed by atoms with Crippen LogP contribution in [0.25, 0.3) is 0 Å². The topological polar surface area (TPSA) is 9.23 Å². The van der Waals surface area contributed by atoms with Gasteiger partial charge in [-0.1, -0.05) is 12.2 Å². The van der Waals surface area contributed by atoms with Crippen molar-refractivity contribution in [1.82, 2.24) is 0 Å². The Morgan fingerprint density at radius 1 is 1.31 bits per heavy atom. The molecule has 0 N–H and O–H groups in total. The van der Waals surface area contributed by atoms with E-state index in [1.165, 1.54) is 19.3 Å². The summed E-state index contributed by atoms with van der Waals surface area (Å²) < 4.78 is 5.81. The maximum absolute atomic E-state index is 5.81. The number of rotatable bonds is 2. The Balaban J connectivity index is 1.77. The lowest BCUT2D eigenvalue weighted by Gasteiger charge is -2.30. The SMILES string of the molecule is CCOC1C[C@@H]2C[C@H]1C1C=CCC12. The fourth-order valence-electron chi connectivity index (χ4n) is 3.89. The van der Waals surface area contributed by atoms with Crippen LogP contribution in [-0.4, -0.2) is 12.7 Å². The molecule has 3 unspecified atom stereocenters. The van der Waals surface area contributed by atoms with Crippen molar-refractivity contribution in [2.45, 2.75) is 32.3 Å². The third kappa shape index (κ3) is 1.03. The lowest BCUT2D eigenvalue weighted by molar-refractivity contribution is 0.00243. The van der Waals surface area contributed by atoms with Gasteiger partial charge in [0, 0.05) is 6.61 Å². The first kappa shape index (κ1) is 8.05. The van der Waals surface area contributed by atoms with Crippen LogP contribution in [0.3, 0.4) is 0 Å². The minimum absolute atomic E-state index is 0.596. The molecule has 0 amide bonds. The zero-order valence-electron chi connectivity index (χ0n) is 8.28. The number of hydrogen-bond acceptors (Lipinski definition) is 1. The van der Waals surface area contributed by atoms with Gasteiger partial charge in [0.25, 0.3) is 0 Å². The summed E-state index contributed by atoms with van der Waals surface area (Å²) in [6.45, 7) is 3.02. The summed E-state index contributed by atoms with van der Waals surface area (Å²) in [6, 6.07) is 0. The van der Waals surface area contributed by atoms with Crippen molar-refractivity contribution in [3.8, 4) is 0 Å². The average molecular weight is 178 g/mol. The van der Waals surface area contributed by atoms with Gasteiger partial charge in [-0.25, -0.2) is 0 Å². The van der Waals surface area contributed by atoms with Crippen LogP contribution < -0.4 is 0 Å². The average Bonchev–Trinajstić information content (AvgIpc) is 2.72. The van der Waals surface area contributed by atoms with Gasteiger partial charge in [0.1, 0.15) is 0 Å². The van der Waals surface area contributed by atoms with Crippen molar-refractivity contribution in [2.75, 3.05) is 6.61 Å². The summed E-state index contributed by atoms with van der Waals surface area (Å²) in [5.41, 5.74) is 0. The first-order valence-electron chi connectivity index (χ1n) is 5.68. The van der Waals surface area contributed by atoms with E-state index in [0.717, 1.165) is 30.3 Å². The Bertz CT molecular complexity index is 233. The smallest absolute Gasteiger partial charge is 0.0611 e. The predicted molar refractivity (Wildman–Crippen MR) is 52.4 cm³/mol. The van der Waals surface area contributed by atoms with Gasteiger partial charge in [0.2, 0.25) is 0 Å². The van der Waals surface area contributed by atoms with Gasteiger partial charge in [-0.2, -0.15) is 0 Å². The molecule has 5 atom stereocenters. The molecule has 0 saturated heterocycles. The van der Waals surface area contributed by atoms with Crippen LogP contribution in [-0.2, 0) is 4.74 Å². The van der Waals surface area contributed by atoms with Crippen LogP contribution in [0.2, 0.25) is 0 Å². The lowest BCUT2D eigenvalue weighted by atomic mass is 9.80. The molecule has 2 bridgehead atoms. The Kier molecular flexibility index (Phi) is 1.76. The van der Waals surface area contributed by atoms with Crippen molar-refractivity contribution in [3.63, 3.8) is 0 Å². The second-order valence-electron chi connectivity index (χ2n) is 4.79. The largest absolute Gasteiger partial charge is 0.378 e. The Hall–Kier alpha value is -0.300. The first-order valence-corrected chi connectivity index (χ1v) is 5.68. The van der Waals surface area contributed by atoms with E-state index in [-0.39, 0.29) is 0 Å². The van der Waals surface area contributed by atoms with E-state index in [9.17, 15) is 0 Å². The molecule has 0 aliphatic heterocycles. The lowest BCUT2D eigenvalue weighted by Crippen LogP contribution is -2.30. The van der Waals surface area contributed by atoms with E-state index in [0.29, 0.717) is 6.10 Å². The first-order chi connectivity index (χ1) is 6.40. The summed E-state index contributed by atoms with van der Waals surface area (Å²) in [7, 11) is 0. The van der Waals surface area contributed by atoms with Gasteiger partial charge in [0.05, 0.1) is 6.10 Å². The van der Waals surface area contributed by atoms with Crippen LogP contribution >= 0.6 is 0 Å². The molecule has 0 aromatic carbocycles. The van der Waals surface area contributed by atoms with Gasteiger partial charge >= 0.3 is 0 Å². The highest BCUT2D eigenvalue weighted by molar-refractivity contribution is 5.14. The molecule has 72 valence electrons. The van der Waals surface area contributed by atoms with Gasteiger partial charge < -0.3 is 4.74 Å². The van der Waals surface area contributed by atoms with Crippen LogP contribution in [0.4, 0.5) is 0 Å². The number of hydrogen-bond donors (Lipinski definition) is 0. The minimum atomic E-state index is 0.596. The van der Waals surface area contributed by atoms with E-state index in [1.807, 2.05) is 0 Å². The molecule has 1 nitrogen and oxygen atoms in total. The number of allylic oxidation sites excluding steroid dienone is 2. The maximum Gasteiger partial charge on any atom is 0.0611 e. The monoisotopic (exact) mass is 178 g/mol. The van der Waals surface area contributed by atoms with E-state index >= 15 is 0 Å². The van der Waals surface area contributed by atoms with E-state index in [1.54, 1.807) is 0 Å². The molecule has 0 spiro atoms. The molecule has 0 heterocycles. The minimum Gasteiger partial charge on any atom is -0.378 e. The van der Waals surface area contributed by atoms with E-state index < -0.39 is 0 Å². The number of ether oxygens (including phenoxy) is 1. The predicted octanol–water partition coefficient (Wildman–Crippen LogP) is 2.62. The molecule has 0 aromatic rings. The molecule has 3 aliphatic rings. The quantitative estimate of drug-likeness (QED) is 0.591.